The lowest BCUT2D eigenvalue weighted by Crippen LogP contribution is -2.18. The zero-order valence-corrected chi connectivity index (χ0v) is 25.0. The highest BCUT2D eigenvalue weighted by molar-refractivity contribution is 8.01. The first kappa shape index (κ1) is 29.9. The van der Waals surface area contributed by atoms with Gasteiger partial charge >= 0.3 is 5.97 Å². The second-order valence-electron chi connectivity index (χ2n) is 8.23. The molecule has 6 rings (SSSR count). The summed E-state index contributed by atoms with van der Waals surface area (Å²) in [6.07, 6.45) is 6.92. The first-order chi connectivity index (χ1) is 21.0. The molecule has 0 fully saturated rings. The maximum Gasteiger partial charge on any atom is 0.335 e. The van der Waals surface area contributed by atoms with E-state index in [4.69, 9.17) is 10.3 Å². The van der Waals surface area contributed by atoms with Crippen LogP contribution in [0.3, 0.4) is 0 Å². The first-order valence-corrected chi connectivity index (χ1v) is 15.5. The molecule has 0 spiro atoms. The fourth-order valence-corrected chi connectivity index (χ4v) is 6.95. The number of hydroxylamine groups is 1. The van der Waals surface area contributed by atoms with Gasteiger partial charge in [-0.05, 0) is 72.8 Å². The van der Waals surface area contributed by atoms with E-state index in [1.54, 1.807) is 78.8 Å². The number of rotatable bonds is 8. The van der Waals surface area contributed by atoms with Crippen molar-refractivity contribution in [2.75, 3.05) is 0 Å². The summed E-state index contributed by atoms with van der Waals surface area (Å²) in [6.45, 7) is 0. The monoisotopic (exact) mass is 645 g/mol. The predicted molar refractivity (Wildman–Crippen MR) is 164 cm³/mol. The summed E-state index contributed by atoms with van der Waals surface area (Å²) >= 11 is 5.87. The fraction of sp³-hybridized carbons (Fsp3) is 0. The Morgan fingerprint density at radius 1 is 0.651 bits per heavy atom. The van der Waals surface area contributed by atoms with E-state index < -0.39 is 11.9 Å². The van der Waals surface area contributed by atoms with Gasteiger partial charge in [-0.15, -0.1) is 20.4 Å². The largest absolute Gasteiger partial charge is 0.478 e. The van der Waals surface area contributed by atoms with Crippen molar-refractivity contribution in [2.45, 2.75) is 18.5 Å². The quantitative estimate of drug-likeness (QED) is 0.125. The van der Waals surface area contributed by atoms with Gasteiger partial charge in [0.1, 0.15) is 10.0 Å². The minimum atomic E-state index is -0.929. The third-order valence-electron chi connectivity index (χ3n) is 5.36. The van der Waals surface area contributed by atoms with E-state index >= 15 is 0 Å². The zero-order valence-electron chi connectivity index (χ0n) is 21.8. The Labute approximate surface area is 261 Å². The van der Waals surface area contributed by atoms with Crippen molar-refractivity contribution in [1.82, 2.24) is 35.8 Å². The molecule has 214 valence electrons. The number of hydrogen-bond donors (Lipinski definition) is 3. The van der Waals surface area contributed by atoms with E-state index in [1.807, 2.05) is 24.3 Å². The second kappa shape index (κ2) is 14.6. The minimum absolute atomic E-state index is 0.271. The topological polar surface area (TPSA) is 164 Å². The van der Waals surface area contributed by atoms with Crippen LogP contribution in [0.4, 0.5) is 0 Å². The summed E-state index contributed by atoms with van der Waals surface area (Å²) in [7, 11) is 0. The molecule has 6 aromatic rings. The average Bonchev–Trinajstić information content (AvgIpc) is 3.73. The van der Waals surface area contributed by atoms with Crippen molar-refractivity contribution in [3.05, 3.63) is 109 Å². The Kier molecular flexibility index (Phi) is 10.1. The molecule has 43 heavy (non-hydrogen) atoms. The van der Waals surface area contributed by atoms with Gasteiger partial charge < -0.3 is 5.11 Å². The lowest BCUT2D eigenvalue weighted by molar-refractivity contribution is 0.0693. The van der Waals surface area contributed by atoms with Gasteiger partial charge in [-0.1, -0.05) is 46.2 Å². The lowest BCUT2D eigenvalue weighted by Gasteiger charge is -2.00. The summed E-state index contributed by atoms with van der Waals surface area (Å²) in [5.74, 6) is -1.47. The summed E-state index contributed by atoms with van der Waals surface area (Å²) in [5, 5.41) is 35.6. The predicted octanol–water partition coefficient (Wildman–Crippen LogP) is 6.32. The average molecular weight is 646 g/mol. The molecule has 0 atom stereocenters. The lowest BCUT2D eigenvalue weighted by atomic mass is 10.2. The number of carboxylic acid groups (broad SMARTS) is 1. The molecule has 4 aromatic heterocycles. The number of nitrogens with zero attached hydrogens (tertiary/aromatic N) is 6. The molecular weight excluding hydrogens is 627 g/mol. The van der Waals surface area contributed by atoms with Gasteiger partial charge in [-0.3, -0.25) is 20.0 Å². The SMILES string of the molecule is O=C(NO)c1ccc(Sc2nnc(-c3cccnc3)s2)cc1.O=C(O)c1ccc(Sc2nnc(-c3cccnc3)s2)cc1. The van der Waals surface area contributed by atoms with Crippen molar-refractivity contribution in [3.63, 3.8) is 0 Å². The highest BCUT2D eigenvalue weighted by Crippen LogP contribution is 2.34. The van der Waals surface area contributed by atoms with Gasteiger partial charge in [0.15, 0.2) is 8.68 Å². The molecule has 2 aromatic carbocycles. The van der Waals surface area contributed by atoms with Crippen LogP contribution in [0.1, 0.15) is 20.7 Å². The van der Waals surface area contributed by atoms with Crippen LogP contribution in [0.2, 0.25) is 0 Å². The van der Waals surface area contributed by atoms with Crippen LogP contribution in [0, 0.1) is 0 Å². The number of pyridine rings is 2. The molecule has 11 nitrogen and oxygen atoms in total. The van der Waals surface area contributed by atoms with Crippen LogP contribution in [0.5, 0.6) is 0 Å². The third kappa shape index (κ3) is 8.27. The Balaban J connectivity index is 0.000000171. The van der Waals surface area contributed by atoms with Gasteiger partial charge in [-0.25, -0.2) is 10.3 Å². The summed E-state index contributed by atoms with van der Waals surface area (Å²) in [6, 6.07) is 21.1. The number of benzene rings is 2. The van der Waals surface area contributed by atoms with Gasteiger partial charge in [-0.2, -0.15) is 0 Å². The zero-order chi connectivity index (χ0) is 30.0. The fourth-order valence-electron chi connectivity index (χ4n) is 3.32. The van der Waals surface area contributed by atoms with Gasteiger partial charge in [0, 0.05) is 51.3 Å². The van der Waals surface area contributed by atoms with Crippen LogP contribution >= 0.6 is 46.2 Å². The number of nitrogens with one attached hydrogen (secondary N) is 1. The van der Waals surface area contributed by atoms with E-state index in [9.17, 15) is 9.59 Å². The Bertz CT molecular complexity index is 1800. The molecule has 0 aliphatic carbocycles. The van der Waals surface area contributed by atoms with E-state index in [-0.39, 0.29) is 5.56 Å². The van der Waals surface area contributed by atoms with Crippen LogP contribution in [0.15, 0.2) is 116 Å². The number of amides is 1. The normalized spacial score (nSPS) is 10.4. The molecule has 0 unspecified atom stereocenters. The standard InChI is InChI=1S/C14H10N4O2S2.C14H9N3O2S2/c19-12(18-20)9-3-5-11(6-4-9)21-14-17-16-13(22-14)10-2-1-7-15-8-10;18-13(19)9-3-5-11(6-4-9)20-14-17-16-12(21-14)10-2-1-7-15-8-10/h1-8,20H,(H,18,19);1-8H,(H,18,19). The smallest absolute Gasteiger partial charge is 0.335 e. The Hall–Kier alpha value is -4.54. The molecule has 3 N–H and O–H groups in total. The van der Waals surface area contributed by atoms with E-state index in [0.717, 1.165) is 39.6 Å². The third-order valence-corrected chi connectivity index (χ3v) is 9.42. The van der Waals surface area contributed by atoms with E-state index in [1.165, 1.54) is 46.2 Å². The van der Waals surface area contributed by atoms with Crippen molar-refractivity contribution < 1.29 is 19.9 Å². The maximum absolute atomic E-state index is 11.2. The number of aromatic carboxylic acids is 1. The van der Waals surface area contributed by atoms with Crippen LogP contribution in [0.25, 0.3) is 21.1 Å². The van der Waals surface area contributed by atoms with Crippen LogP contribution < -0.4 is 5.48 Å². The molecule has 0 aliphatic rings. The van der Waals surface area contributed by atoms with Gasteiger partial charge in [0.25, 0.3) is 5.91 Å². The molecule has 0 aliphatic heterocycles. The number of hydrogen-bond acceptors (Lipinski definition) is 13. The molecule has 0 saturated carbocycles. The summed E-state index contributed by atoms with van der Waals surface area (Å²) < 4.78 is 1.61. The van der Waals surface area contributed by atoms with Crippen molar-refractivity contribution in [2.24, 2.45) is 0 Å². The van der Waals surface area contributed by atoms with Crippen LogP contribution in [-0.4, -0.2) is 52.6 Å². The van der Waals surface area contributed by atoms with Crippen molar-refractivity contribution in [3.8, 4) is 21.1 Å². The highest BCUT2D eigenvalue weighted by Gasteiger charge is 2.11. The molecular formula is C28H19N7O4S4. The Morgan fingerprint density at radius 2 is 1.12 bits per heavy atom. The molecule has 15 heteroatoms. The molecule has 4 heterocycles. The van der Waals surface area contributed by atoms with Crippen LogP contribution in [-0.2, 0) is 0 Å². The van der Waals surface area contributed by atoms with Crippen molar-refractivity contribution >= 4 is 58.1 Å². The van der Waals surface area contributed by atoms with Gasteiger partial charge in [0.05, 0.1) is 5.56 Å². The van der Waals surface area contributed by atoms with E-state index in [0.29, 0.717) is 5.56 Å². The number of aromatic nitrogens is 6. The molecule has 0 bridgehead atoms. The second-order valence-corrected chi connectivity index (χ2v) is 12.8. The number of carbonyl (C=O) groups excluding carboxylic acids is 1. The van der Waals surface area contributed by atoms with E-state index in [2.05, 4.69) is 30.4 Å². The van der Waals surface area contributed by atoms with Crippen molar-refractivity contribution in [1.29, 1.82) is 0 Å². The Morgan fingerprint density at radius 3 is 1.51 bits per heavy atom. The first-order valence-electron chi connectivity index (χ1n) is 12.2. The maximum atomic E-state index is 11.2. The number of carbonyl (C=O) groups is 2. The summed E-state index contributed by atoms with van der Waals surface area (Å²) in [4.78, 5) is 32.0. The summed E-state index contributed by atoms with van der Waals surface area (Å²) in [5.41, 5.74) is 4.13. The molecule has 0 saturated heterocycles. The highest BCUT2D eigenvalue weighted by atomic mass is 32.2. The van der Waals surface area contributed by atoms with Gasteiger partial charge in [0.2, 0.25) is 0 Å². The number of carboxylic acids is 1. The molecule has 0 radical (unpaired) electrons. The minimum Gasteiger partial charge on any atom is -0.478 e. The molecule has 1 amide bonds.